The van der Waals surface area contributed by atoms with Gasteiger partial charge in [0.05, 0.1) is 0 Å². The van der Waals surface area contributed by atoms with Gasteiger partial charge in [0.25, 0.3) is 0 Å². The first kappa shape index (κ1) is 14.1. The van der Waals surface area contributed by atoms with E-state index in [0.717, 1.165) is 10.9 Å². The monoisotopic (exact) mass is 317 g/mol. The standard InChI is InChI=1S/C17H20BrN/c1-4-14-8-10-15(11-9-14)13(3)19-17-7-5-6-16(18)12(17)2/h5-11,13,19H,4H2,1-3H3. The Morgan fingerprint density at radius 2 is 1.79 bits per heavy atom. The molecule has 0 heterocycles. The molecular formula is C17H20BrN. The normalized spacial score (nSPS) is 12.2. The van der Waals surface area contributed by atoms with E-state index in [1.54, 1.807) is 0 Å². The third-order valence-corrected chi connectivity index (χ3v) is 4.39. The van der Waals surface area contributed by atoms with Crippen LogP contribution >= 0.6 is 15.9 Å². The smallest absolute Gasteiger partial charge is 0.0485 e. The molecule has 0 fully saturated rings. The second kappa shape index (κ2) is 6.25. The van der Waals surface area contributed by atoms with Gasteiger partial charge in [0.2, 0.25) is 0 Å². The summed E-state index contributed by atoms with van der Waals surface area (Å²) in [4.78, 5) is 0. The first-order valence-electron chi connectivity index (χ1n) is 6.72. The summed E-state index contributed by atoms with van der Waals surface area (Å²) in [6.07, 6.45) is 1.09. The highest BCUT2D eigenvalue weighted by Gasteiger charge is 2.08. The minimum Gasteiger partial charge on any atom is -0.378 e. The van der Waals surface area contributed by atoms with Crippen molar-refractivity contribution >= 4 is 21.6 Å². The fourth-order valence-corrected chi connectivity index (χ4v) is 2.49. The van der Waals surface area contributed by atoms with Gasteiger partial charge < -0.3 is 5.32 Å². The van der Waals surface area contributed by atoms with E-state index in [4.69, 9.17) is 0 Å². The molecule has 1 N–H and O–H groups in total. The van der Waals surface area contributed by atoms with Crippen LogP contribution < -0.4 is 5.32 Å². The molecule has 0 saturated heterocycles. The summed E-state index contributed by atoms with van der Waals surface area (Å²) in [7, 11) is 0. The van der Waals surface area contributed by atoms with Crippen molar-refractivity contribution in [2.24, 2.45) is 0 Å². The van der Waals surface area contributed by atoms with Crippen molar-refractivity contribution in [1.29, 1.82) is 0 Å². The van der Waals surface area contributed by atoms with E-state index in [1.807, 2.05) is 0 Å². The average molecular weight is 318 g/mol. The van der Waals surface area contributed by atoms with E-state index in [-0.39, 0.29) is 0 Å². The molecule has 0 spiro atoms. The second-order valence-corrected chi connectivity index (χ2v) is 5.73. The molecule has 0 aromatic heterocycles. The lowest BCUT2D eigenvalue weighted by Crippen LogP contribution is -2.07. The summed E-state index contributed by atoms with van der Waals surface area (Å²) in [5, 5.41) is 3.57. The molecule has 100 valence electrons. The third kappa shape index (κ3) is 3.38. The predicted octanol–water partition coefficient (Wildman–Crippen LogP) is 5.49. The number of aryl methyl sites for hydroxylation is 1. The lowest BCUT2D eigenvalue weighted by atomic mass is 10.0. The molecule has 2 rings (SSSR count). The summed E-state index contributed by atoms with van der Waals surface area (Å²) in [5.41, 5.74) is 5.13. The van der Waals surface area contributed by atoms with Crippen molar-refractivity contribution in [2.75, 3.05) is 5.32 Å². The van der Waals surface area contributed by atoms with Crippen LogP contribution in [0.3, 0.4) is 0 Å². The van der Waals surface area contributed by atoms with E-state index in [9.17, 15) is 0 Å². The molecule has 0 radical (unpaired) electrons. The molecule has 2 aromatic rings. The van der Waals surface area contributed by atoms with E-state index in [1.165, 1.54) is 22.4 Å². The maximum absolute atomic E-state index is 3.57. The van der Waals surface area contributed by atoms with Crippen LogP contribution in [0.2, 0.25) is 0 Å². The number of hydrogen-bond acceptors (Lipinski definition) is 1. The van der Waals surface area contributed by atoms with Crippen LogP contribution in [0.25, 0.3) is 0 Å². The van der Waals surface area contributed by atoms with Gasteiger partial charge in [-0.15, -0.1) is 0 Å². The first-order chi connectivity index (χ1) is 9.11. The zero-order valence-electron chi connectivity index (χ0n) is 11.7. The highest BCUT2D eigenvalue weighted by atomic mass is 79.9. The lowest BCUT2D eigenvalue weighted by molar-refractivity contribution is 0.880. The van der Waals surface area contributed by atoms with Gasteiger partial charge in [-0.05, 0) is 49.1 Å². The van der Waals surface area contributed by atoms with Crippen LogP contribution in [0.1, 0.15) is 36.6 Å². The molecule has 1 unspecified atom stereocenters. The molecule has 0 saturated carbocycles. The number of halogens is 1. The van der Waals surface area contributed by atoms with Gasteiger partial charge >= 0.3 is 0 Å². The summed E-state index contributed by atoms with van der Waals surface area (Å²) in [6.45, 7) is 6.50. The molecule has 0 bridgehead atoms. The van der Waals surface area contributed by atoms with Crippen molar-refractivity contribution in [3.63, 3.8) is 0 Å². The highest BCUT2D eigenvalue weighted by Crippen LogP contribution is 2.27. The van der Waals surface area contributed by atoms with Gasteiger partial charge in [-0.3, -0.25) is 0 Å². The van der Waals surface area contributed by atoms with Crippen molar-refractivity contribution in [1.82, 2.24) is 0 Å². The van der Waals surface area contributed by atoms with E-state index in [0.29, 0.717) is 6.04 Å². The van der Waals surface area contributed by atoms with Crippen LogP contribution in [-0.4, -0.2) is 0 Å². The summed E-state index contributed by atoms with van der Waals surface area (Å²) in [5.74, 6) is 0. The van der Waals surface area contributed by atoms with Gasteiger partial charge in [-0.25, -0.2) is 0 Å². The third-order valence-electron chi connectivity index (χ3n) is 3.53. The quantitative estimate of drug-likeness (QED) is 0.785. The SMILES string of the molecule is CCc1ccc(C(C)Nc2cccc(Br)c2C)cc1. The number of anilines is 1. The van der Waals surface area contributed by atoms with Gasteiger partial charge in [0.15, 0.2) is 0 Å². The topological polar surface area (TPSA) is 12.0 Å². The maximum Gasteiger partial charge on any atom is 0.0485 e. The van der Waals surface area contributed by atoms with Crippen LogP contribution in [0, 0.1) is 6.92 Å². The Balaban J connectivity index is 2.15. The molecule has 19 heavy (non-hydrogen) atoms. The number of nitrogens with one attached hydrogen (secondary N) is 1. The Morgan fingerprint density at radius 3 is 2.42 bits per heavy atom. The van der Waals surface area contributed by atoms with E-state index in [2.05, 4.69) is 84.5 Å². The Hall–Kier alpha value is -1.28. The molecule has 1 nitrogen and oxygen atoms in total. The number of rotatable bonds is 4. The van der Waals surface area contributed by atoms with Crippen LogP contribution in [0.15, 0.2) is 46.9 Å². The van der Waals surface area contributed by atoms with Crippen molar-refractivity contribution in [2.45, 2.75) is 33.2 Å². The van der Waals surface area contributed by atoms with E-state index >= 15 is 0 Å². The summed E-state index contributed by atoms with van der Waals surface area (Å²) < 4.78 is 1.14. The van der Waals surface area contributed by atoms with Crippen LogP contribution in [-0.2, 0) is 6.42 Å². The second-order valence-electron chi connectivity index (χ2n) is 4.87. The minimum atomic E-state index is 0.305. The molecule has 0 aliphatic carbocycles. The van der Waals surface area contributed by atoms with E-state index < -0.39 is 0 Å². The van der Waals surface area contributed by atoms with Crippen LogP contribution in [0.4, 0.5) is 5.69 Å². The zero-order chi connectivity index (χ0) is 13.8. The molecule has 1 atom stereocenters. The molecule has 2 heteroatoms. The highest BCUT2D eigenvalue weighted by molar-refractivity contribution is 9.10. The minimum absolute atomic E-state index is 0.305. The van der Waals surface area contributed by atoms with Crippen molar-refractivity contribution in [3.8, 4) is 0 Å². The fourth-order valence-electron chi connectivity index (χ4n) is 2.12. The van der Waals surface area contributed by atoms with Crippen molar-refractivity contribution < 1.29 is 0 Å². The Morgan fingerprint density at radius 1 is 1.11 bits per heavy atom. The average Bonchev–Trinajstić information content (AvgIpc) is 2.44. The van der Waals surface area contributed by atoms with Gasteiger partial charge in [0.1, 0.15) is 0 Å². The van der Waals surface area contributed by atoms with Crippen LogP contribution in [0.5, 0.6) is 0 Å². The Kier molecular flexibility index (Phi) is 4.65. The lowest BCUT2D eigenvalue weighted by Gasteiger charge is -2.18. The fraction of sp³-hybridized carbons (Fsp3) is 0.294. The summed E-state index contributed by atoms with van der Waals surface area (Å²) >= 11 is 3.57. The molecule has 0 aliphatic heterocycles. The Bertz CT molecular complexity index is 546. The molecule has 0 aliphatic rings. The first-order valence-corrected chi connectivity index (χ1v) is 7.51. The molecular weight excluding hydrogens is 298 g/mol. The summed E-state index contributed by atoms with van der Waals surface area (Å²) in [6, 6.07) is 15.4. The Labute approximate surface area is 124 Å². The number of hydrogen-bond donors (Lipinski definition) is 1. The molecule has 0 amide bonds. The zero-order valence-corrected chi connectivity index (χ0v) is 13.3. The van der Waals surface area contributed by atoms with Gasteiger partial charge in [-0.1, -0.05) is 53.2 Å². The van der Waals surface area contributed by atoms with Gasteiger partial charge in [-0.2, -0.15) is 0 Å². The van der Waals surface area contributed by atoms with Gasteiger partial charge in [0, 0.05) is 16.2 Å². The number of benzene rings is 2. The van der Waals surface area contributed by atoms with Crippen molar-refractivity contribution in [3.05, 3.63) is 63.6 Å². The molecule has 2 aromatic carbocycles. The largest absolute Gasteiger partial charge is 0.378 e. The maximum atomic E-state index is 3.57. The predicted molar refractivity (Wildman–Crippen MR) is 86.7 cm³/mol.